The lowest BCUT2D eigenvalue weighted by Crippen LogP contribution is -2.31. The largest absolute Gasteiger partial charge is 0.172 e. The molecule has 0 N–H and O–H groups in total. The molecule has 0 amide bonds. The maximum absolute atomic E-state index is 5.15. The molecule has 0 saturated heterocycles. The smallest absolute Gasteiger partial charge is 0.114 e. The molecular formula is C56H76N2S5. The van der Waals surface area contributed by atoms with E-state index in [9.17, 15) is 0 Å². The van der Waals surface area contributed by atoms with E-state index < -0.39 is 0 Å². The summed E-state index contributed by atoms with van der Waals surface area (Å²) in [5.41, 5.74) is 11.4. The van der Waals surface area contributed by atoms with Crippen LogP contribution in [-0.2, 0) is 10.8 Å². The van der Waals surface area contributed by atoms with Crippen molar-refractivity contribution < 1.29 is 0 Å². The topological polar surface area (TPSA) is 25.8 Å². The Bertz CT molecular complexity index is 2180. The number of hydrogen-bond donors (Lipinski definition) is 0. The first-order valence-corrected chi connectivity index (χ1v) is 29.7. The highest BCUT2D eigenvalue weighted by Crippen LogP contribution is 2.63. The number of benzene rings is 1. The van der Waals surface area contributed by atoms with E-state index in [1.165, 1.54) is 171 Å². The fourth-order valence-electron chi connectivity index (χ4n) is 12.2. The average molecular weight is 938 g/mol. The van der Waals surface area contributed by atoms with Gasteiger partial charge in [0, 0.05) is 51.2 Å². The molecule has 0 spiro atoms. The summed E-state index contributed by atoms with van der Waals surface area (Å²) >= 11 is 9.45. The summed E-state index contributed by atoms with van der Waals surface area (Å²) in [4.78, 5) is 8.93. The van der Waals surface area contributed by atoms with Crippen LogP contribution in [0.15, 0.2) is 47.2 Å². The fraction of sp³-hybridized carbons (Fsp3) is 0.607. The SMILES string of the molecule is CCCCC(CC)CC1(CC(CC)CCCC)c2ccsc2-c2sc(-c3ccc(-c4cc5c(s4)-c4sccc4C5(CC(CC)CCCC)CC(CC)CCCC)c4nsnc34)cc21. The van der Waals surface area contributed by atoms with Crippen LogP contribution < -0.4 is 0 Å². The molecule has 0 aliphatic heterocycles. The fourth-order valence-corrected chi connectivity index (χ4v) is 17.6. The number of aromatic nitrogens is 2. The molecule has 2 aliphatic rings. The van der Waals surface area contributed by atoms with Crippen LogP contribution in [0.2, 0.25) is 0 Å². The average Bonchev–Trinajstić information content (AvgIpc) is 4.17. The van der Waals surface area contributed by atoms with Crippen LogP contribution in [0.3, 0.4) is 0 Å². The van der Waals surface area contributed by atoms with Gasteiger partial charge in [0.25, 0.3) is 0 Å². The molecule has 4 atom stereocenters. The molecule has 4 unspecified atom stereocenters. The Morgan fingerprint density at radius 1 is 0.444 bits per heavy atom. The third-order valence-electron chi connectivity index (χ3n) is 15.9. The normalized spacial score (nSPS) is 19.6. The second-order valence-corrected chi connectivity index (χ2v) is 24.3. The Balaban J connectivity index is 1.21. The van der Waals surface area contributed by atoms with Crippen LogP contribution in [0, 0.1) is 23.7 Å². The van der Waals surface area contributed by atoms with E-state index in [1.807, 2.05) is 45.3 Å². The number of nitrogens with zero attached hydrogens (tertiary/aromatic N) is 2. The predicted octanol–water partition coefficient (Wildman–Crippen LogP) is 20.2. The van der Waals surface area contributed by atoms with Gasteiger partial charge in [-0.1, -0.05) is 170 Å². The van der Waals surface area contributed by atoms with Gasteiger partial charge in [-0.05, 0) is 107 Å². The highest BCUT2D eigenvalue weighted by molar-refractivity contribution is 7.24. The summed E-state index contributed by atoms with van der Waals surface area (Å²) < 4.78 is 10.3. The molecule has 2 nitrogen and oxygen atoms in total. The van der Waals surface area contributed by atoms with Crippen molar-refractivity contribution in [1.29, 1.82) is 0 Å². The van der Waals surface area contributed by atoms with Crippen LogP contribution >= 0.6 is 57.1 Å². The van der Waals surface area contributed by atoms with Gasteiger partial charge in [-0.3, -0.25) is 0 Å². The van der Waals surface area contributed by atoms with Crippen molar-refractivity contribution in [2.24, 2.45) is 23.7 Å². The monoisotopic (exact) mass is 936 g/mol. The molecular weight excluding hydrogens is 861 g/mol. The minimum Gasteiger partial charge on any atom is -0.172 e. The summed E-state index contributed by atoms with van der Waals surface area (Å²) in [7, 11) is 0. The molecule has 2 aliphatic carbocycles. The Morgan fingerprint density at radius 3 is 1.11 bits per heavy atom. The van der Waals surface area contributed by atoms with E-state index in [0.717, 1.165) is 34.7 Å². The maximum atomic E-state index is 5.15. The summed E-state index contributed by atoms with van der Waals surface area (Å²) in [6, 6.07) is 15.2. The zero-order valence-electron chi connectivity index (χ0n) is 40.0. The summed E-state index contributed by atoms with van der Waals surface area (Å²) in [6.45, 7) is 19.3. The predicted molar refractivity (Wildman–Crippen MR) is 284 cm³/mol. The number of unbranched alkanes of at least 4 members (excludes halogenated alkanes) is 4. The van der Waals surface area contributed by atoms with E-state index in [2.05, 4.69) is 103 Å². The maximum Gasteiger partial charge on any atom is 0.114 e. The van der Waals surface area contributed by atoms with Gasteiger partial charge in [0.2, 0.25) is 0 Å². The van der Waals surface area contributed by atoms with Crippen LogP contribution in [-0.4, -0.2) is 8.75 Å². The quantitative estimate of drug-likeness (QED) is 0.0542. The zero-order valence-corrected chi connectivity index (χ0v) is 44.1. The van der Waals surface area contributed by atoms with Crippen LogP contribution in [0.25, 0.3) is 51.4 Å². The lowest BCUT2D eigenvalue weighted by atomic mass is 9.65. The van der Waals surface area contributed by atoms with E-state index in [-0.39, 0.29) is 10.8 Å². The standard InChI is InChI=1S/C56H76N2S5/c1-9-17-21-37(13-5)33-55(34-38(14-6)22-18-10-2)43-27-29-59-51(43)53-45(55)31-47(61-53)41-25-26-42(50-49(41)57-63-58-50)48-32-46-54(62-48)52-44(28-30-60-52)56(46,35-39(15-7)23-19-11-3)36-40(16-8)24-20-12-4/h25-32,37-40H,9-24,33-36H2,1-8H3. The Hall–Kier alpha value is -2.16. The molecule has 5 heterocycles. The third kappa shape index (κ3) is 9.04. The zero-order chi connectivity index (χ0) is 44.1. The van der Waals surface area contributed by atoms with E-state index in [1.54, 1.807) is 32.0 Å². The lowest BCUT2D eigenvalue weighted by Gasteiger charge is -2.37. The van der Waals surface area contributed by atoms with Crippen molar-refractivity contribution in [2.45, 2.75) is 195 Å². The second-order valence-electron chi connectivity index (χ2n) is 19.8. The first-order valence-electron chi connectivity index (χ1n) is 25.5. The molecule has 340 valence electrons. The molecule has 1 aromatic carbocycles. The van der Waals surface area contributed by atoms with Crippen LogP contribution in [0.1, 0.15) is 206 Å². The van der Waals surface area contributed by atoms with Gasteiger partial charge >= 0.3 is 0 Å². The van der Waals surface area contributed by atoms with Crippen LogP contribution in [0.4, 0.5) is 0 Å². The van der Waals surface area contributed by atoms with Gasteiger partial charge in [-0.15, -0.1) is 45.3 Å². The van der Waals surface area contributed by atoms with E-state index >= 15 is 0 Å². The van der Waals surface area contributed by atoms with Crippen molar-refractivity contribution >= 4 is 68.1 Å². The highest BCUT2D eigenvalue weighted by atomic mass is 32.1. The van der Waals surface area contributed by atoms with Gasteiger partial charge in [0.05, 0.1) is 11.7 Å². The Labute approximate surface area is 402 Å². The van der Waals surface area contributed by atoms with Crippen molar-refractivity contribution in [2.75, 3.05) is 0 Å². The van der Waals surface area contributed by atoms with Crippen molar-refractivity contribution in [3.8, 4) is 40.4 Å². The molecule has 5 aromatic heterocycles. The molecule has 0 saturated carbocycles. The number of hydrogen-bond acceptors (Lipinski definition) is 7. The molecule has 8 rings (SSSR count). The lowest BCUT2D eigenvalue weighted by molar-refractivity contribution is 0.266. The summed E-state index contributed by atoms with van der Waals surface area (Å²) in [6.07, 6.45) is 26.0. The number of thiophene rings is 4. The third-order valence-corrected chi connectivity index (χ3v) is 21.0. The first kappa shape index (κ1) is 47.3. The summed E-state index contributed by atoms with van der Waals surface area (Å²) in [5.74, 6) is 2.98. The minimum absolute atomic E-state index is 0.0902. The molecule has 7 heteroatoms. The van der Waals surface area contributed by atoms with Gasteiger partial charge in [-0.25, -0.2) is 0 Å². The first-order chi connectivity index (χ1) is 30.8. The van der Waals surface area contributed by atoms with E-state index in [0.29, 0.717) is 0 Å². The molecule has 6 aromatic rings. The molecule has 0 fully saturated rings. The van der Waals surface area contributed by atoms with Gasteiger partial charge in [0.15, 0.2) is 0 Å². The van der Waals surface area contributed by atoms with Gasteiger partial charge < -0.3 is 0 Å². The highest BCUT2D eigenvalue weighted by Gasteiger charge is 2.49. The van der Waals surface area contributed by atoms with E-state index in [4.69, 9.17) is 8.75 Å². The number of rotatable bonds is 26. The van der Waals surface area contributed by atoms with Crippen molar-refractivity contribution in [3.05, 3.63) is 69.4 Å². The molecule has 0 bridgehead atoms. The summed E-state index contributed by atoms with van der Waals surface area (Å²) in [5, 5.41) is 4.79. The second kappa shape index (κ2) is 21.2. The van der Waals surface area contributed by atoms with Crippen molar-refractivity contribution in [3.63, 3.8) is 0 Å². The minimum atomic E-state index is 0.0902. The van der Waals surface area contributed by atoms with Gasteiger partial charge in [-0.2, -0.15) is 8.75 Å². The van der Waals surface area contributed by atoms with Gasteiger partial charge in [0.1, 0.15) is 11.0 Å². The molecule has 0 radical (unpaired) electrons. The molecule has 63 heavy (non-hydrogen) atoms. The van der Waals surface area contributed by atoms with Crippen molar-refractivity contribution in [1.82, 2.24) is 8.75 Å². The Morgan fingerprint density at radius 2 is 0.794 bits per heavy atom. The number of fused-ring (bicyclic) bond motifs is 7. The Kier molecular flexibility index (Phi) is 15.9. The van der Waals surface area contributed by atoms with Crippen LogP contribution in [0.5, 0.6) is 0 Å².